The molecule has 0 amide bonds. The first-order chi connectivity index (χ1) is 9.31. The lowest BCUT2D eigenvalue weighted by molar-refractivity contribution is 1.33. The summed E-state index contributed by atoms with van der Waals surface area (Å²) in [5.74, 6) is 0. The Bertz CT molecular complexity index is 549. The van der Waals surface area contributed by atoms with Crippen molar-refractivity contribution in [2.24, 2.45) is 0 Å². The van der Waals surface area contributed by atoms with E-state index in [1.54, 1.807) is 10.4 Å². The molecule has 0 N–H and O–H groups in total. The summed E-state index contributed by atoms with van der Waals surface area (Å²) >= 11 is 0. The van der Waals surface area contributed by atoms with Gasteiger partial charge >= 0.3 is 0 Å². The molecule has 0 unspecified atom stereocenters. The molecule has 1 heteroatoms. The Kier molecular flexibility index (Phi) is 4.19. The maximum Gasteiger partial charge on any atom is 0.101 e. The van der Waals surface area contributed by atoms with Gasteiger partial charge in [-0.05, 0) is 41.5 Å². The van der Waals surface area contributed by atoms with Crippen LogP contribution in [0.3, 0.4) is 0 Å². The van der Waals surface area contributed by atoms with E-state index >= 15 is 0 Å². The minimum absolute atomic E-state index is 1.12. The first kappa shape index (κ1) is 15.1. The molecule has 0 saturated heterocycles. The molecule has 0 aliphatic rings. The lowest BCUT2D eigenvalue weighted by Gasteiger charge is -2.22. The van der Waals surface area contributed by atoms with E-state index in [0.29, 0.717) is 0 Å². The highest BCUT2D eigenvalue weighted by atomic mass is 28.3. The zero-order chi connectivity index (χ0) is 15.0. The summed E-state index contributed by atoms with van der Waals surface area (Å²) in [6.45, 7) is 16.0. The van der Waals surface area contributed by atoms with Crippen LogP contribution in [0, 0.1) is 41.5 Å². The zero-order valence-electron chi connectivity index (χ0n) is 13.9. The maximum atomic E-state index is 2.48. The van der Waals surface area contributed by atoms with Gasteiger partial charge in [0.15, 0.2) is 0 Å². The van der Waals surface area contributed by atoms with Crippen LogP contribution < -0.4 is 10.4 Å². The van der Waals surface area contributed by atoms with Crippen LogP contribution in [0.4, 0.5) is 0 Å². The summed E-state index contributed by atoms with van der Waals surface area (Å²) in [5.41, 5.74) is 8.65. The van der Waals surface area contributed by atoms with Gasteiger partial charge in [0.1, 0.15) is 8.80 Å². The third kappa shape index (κ3) is 2.73. The summed E-state index contributed by atoms with van der Waals surface area (Å²) < 4.78 is 0. The fraction of sp³-hybridized carbons (Fsp3) is 0.368. The average molecular weight is 283 g/mol. The Morgan fingerprint density at radius 1 is 0.550 bits per heavy atom. The lowest BCUT2D eigenvalue weighted by atomic mass is 10.1. The molecule has 0 aromatic heterocycles. The molecule has 0 spiro atoms. The molecule has 0 saturated carbocycles. The van der Waals surface area contributed by atoms with Crippen molar-refractivity contribution in [3.8, 4) is 0 Å². The Balaban J connectivity index is 2.61. The second kappa shape index (κ2) is 5.57. The topological polar surface area (TPSA) is 0 Å². The average Bonchev–Trinajstić information content (AvgIpc) is 2.25. The van der Waals surface area contributed by atoms with E-state index < -0.39 is 8.80 Å². The first-order valence-corrected chi connectivity index (χ1v) is 9.77. The van der Waals surface area contributed by atoms with Crippen LogP contribution in [0.15, 0.2) is 24.3 Å². The van der Waals surface area contributed by atoms with E-state index in [2.05, 4.69) is 72.4 Å². The fourth-order valence-corrected chi connectivity index (χ4v) is 7.25. The molecule has 0 nitrogen and oxygen atoms in total. The van der Waals surface area contributed by atoms with Gasteiger partial charge in [0.05, 0.1) is 0 Å². The Morgan fingerprint density at radius 3 is 1.05 bits per heavy atom. The van der Waals surface area contributed by atoms with Gasteiger partial charge in [-0.2, -0.15) is 0 Å². The molecular formula is C19H26Si. The second-order valence-corrected chi connectivity index (χ2v) is 8.94. The third-order valence-electron chi connectivity index (χ3n) is 4.34. The second-order valence-electron chi connectivity index (χ2n) is 6.35. The van der Waals surface area contributed by atoms with Gasteiger partial charge in [-0.1, -0.05) is 74.6 Å². The quantitative estimate of drug-likeness (QED) is 0.740. The summed E-state index contributed by atoms with van der Waals surface area (Å²) in [5, 5.41) is 3.26. The molecule has 2 aromatic rings. The lowest BCUT2D eigenvalue weighted by Crippen LogP contribution is -2.45. The molecule has 2 rings (SSSR count). The molecule has 0 atom stereocenters. The monoisotopic (exact) mass is 282 g/mol. The molecular weight excluding hydrogens is 256 g/mol. The number of hydrogen-bond acceptors (Lipinski definition) is 0. The molecule has 0 heterocycles. The molecule has 0 radical (unpaired) electrons. The molecule has 0 aliphatic heterocycles. The third-order valence-corrected chi connectivity index (χ3v) is 7.90. The van der Waals surface area contributed by atoms with Crippen LogP contribution in [-0.4, -0.2) is 8.80 Å². The largest absolute Gasteiger partial charge is 0.101 e. The Labute approximate surface area is 125 Å². The smallest absolute Gasteiger partial charge is 0.0641 e. The van der Waals surface area contributed by atoms with Crippen LogP contribution >= 0.6 is 0 Å². The predicted molar refractivity (Wildman–Crippen MR) is 93.6 cm³/mol. The van der Waals surface area contributed by atoms with Crippen molar-refractivity contribution in [3.63, 3.8) is 0 Å². The van der Waals surface area contributed by atoms with Crippen LogP contribution in [-0.2, 0) is 0 Å². The summed E-state index contributed by atoms with van der Waals surface area (Å²) in [4.78, 5) is 0. The van der Waals surface area contributed by atoms with Crippen LogP contribution in [0.1, 0.15) is 33.4 Å². The molecule has 0 fully saturated rings. The van der Waals surface area contributed by atoms with Crippen molar-refractivity contribution in [1.82, 2.24) is 0 Å². The fourth-order valence-electron chi connectivity index (χ4n) is 3.89. The van der Waals surface area contributed by atoms with Gasteiger partial charge in [0.25, 0.3) is 0 Å². The molecule has 0 aliphatic carbocycles. The predicted octanol–water partition coefficient (Wildman–Crippen LogP) is 3.51. The number of benzene rings is 2. The van der Waals surface area contributed by atoms with Crippen molar-refractivity contribution >= 4 is 19.2 Å². The SMILES string of the molecule is Cc1cc(C)c([SiH](C)c2c(C)cc(C)cc2C)c(C)c1. The normalized spacial score (nSPS) is 11.2. The van der Waals surface area contributed by atoms with E-state index in [4.69, 9.17) is 0 Å². The van der Waals surface area contributed by atoms with Gasteiger partial charge < -0.3 is 0 Å². The molecule has 0 bridgehead atoms. The molecule has 106 valence electrons. The van der Waals surface area contributed by atoms with Crippen LogP contribution in [0.5, 0.6) is 0 Å². The minimum Gasteiger partial charge on any atom is -0.0641 e. The highest BCUT2D eigenvalue weighted by molar-refractivity contribution is 6.85. The zero-order valence-corrected chi connectivity index (χ0v) is 15.0. The van der Waals surface area contributed by atoms with E-state index in [1.165, 1.54) is 33.4 Å². The number of aryl methyl sites for hydroxylation is 6. The van der Waals surface area contributed by atoms with Crippen molar-refractivity contribution in [2.75, 3.05) is 0 Å². The summed E-state index contributed by atoms with van der Waals surface area (Å²) in [6, 6.07) is 9.35. The van der Waals surface area contributed by atoms with Crippen LogP contribution in [0.25, 0.3) is 0 Å². The number of hydrogen-bond donors (Lipinski definition) is 0. The van der Waals surface area contributed by atoms with Crippen molar-refractivity contribution in [3.05, 3.63) is 57.6 Å². The van der Waals surface area contributed by atoms with E-state index in [1.807, 2.05) is 0 Å². The number of rotatable bonds is 2. The first-order valence-electron chi connectivity index (χ1n) is 7.46. The Morgan fingerprint density at radius 2 is 0.800 bits per heavy atom. The summed E-state index contributed by atoms with van der Waals surface area (Å²) in [6.07, 6.45) is 0. The van der Waals surface area contributed by atoms with Gasteiger partial charge in [0, 0.05) is 0 Å². The highest BCUT2D eigenvalue weighted by Gasteiger charge is 2.19. The van der Waals surface area contributed by atoms with Crippen molar-refractivity contribution < 1.29 is 0 Å². The van der Waals surface area contributed by atoms with E-state index in [9.17, 15) is 0 Å². The van der Waals surface area contributed by atoms with Crippen LogP contribution in [0.2, 0.25) is 6.55 Å². The highest BCUT2D eigenvalue weighted by Crippen LogP contribution is 2.12. The molecule has 20 heavy (non-hydrogen) atoms. The maximum absolute atomic E-state index is 2.48. The minimum atomic E-state index is -1.12. The summed E-state index contributed by atoms with van der Waals surface area (Å²) in [7, 11) is -1.12. The van der Waals surface area contributed by atoms with Gasteiger partial charge in [-0.15, -0.1) is 0 Å². The van der Waals surface area contributed by atoms with E-state index in [-0.39, 0.29) is 0 Å². The van der Waals surface area contributed by atoms with E-state index in [0.717, 1.165) is 0 Å². The van der Waals surface area contributed by atoms with Gasteiger partial charge in [-0.25, -0.2) is 0 Å². The van der Waals surface area contributed by atoms with Crippen molar-refractivity contribution in [1.29, 1.82) is 0 Å². The van der Waals surface area contributed by atoms with Gasteiger partial charge in [-0.3, -0.25) is 0 Å². The Hall–Kier alpha value is -1.34. The van der Waals surface area contributed by atoms with Crippen molar-refractivity contribution in [2.45, 2.75) is 48.1 Å². The standard InChI is InChI=1S/C19H26Si/c1-12-8-14(3)18(15(4)9-12)20(7)19-16(5)10-13(2)11-17(19)6/h8-11,20H,1-7H3. The molecule has 2 aromatic carbocycles. The van der Waals surface area contributed by atoms with Gasteiger partial charge in [0.2, 0.25) is 0 Å².